The van der Waals surface area contributed by atoms with Crippen LogP contribution in [0.2, 0.25) is 0 Å². The largest absolute Gasteiger partial charge is 0.494 e. The first-order valence-electron chi connectivity index (χ1n) is 10.0. The molecule has 1 atom stereocenters. The molecule has 1 unspecified atom stereocenters. The van der Waals surface area contributed by atoms with Crippen molar-refractivity contribution in [2.75, 3.05) is 17.7 Å². The van der Waals surface area contributed by atoms with E-state index in [1.54, 1.807) is 7.11 Å². The summed E-state index contributed by atoms with van der Waals surface area (Å²) < 4.78 is 5.80. The lowest BCUT2D eigenvalue weighted by molar-refractivity contribution is 0.415. The number of hydrogen-bond donors (Lipinski definition) is 2. The molecule has 0 fully saturated rings. The molecule has 0 spiro atoms. The number of hydrogen-bond acceptors (Lipinski definition) is 3. The Bertz CT molecular complexity index is 997. The van der Waals surface area contributed by atoms with Crippen molar-refractivity contribution >= 4 is 16.9 Å². The van der Waals surface area contributed by atoms with Crippen LogP contribution in [0.5, 0.6) is 5.75 Å². The fraction of sp³-hybridized carbons (Fsp3) is 0.154. The third kappa shape index (κ3) is 4.69. The maximum absolute atomic E-state index is 5.80. The lowest BCUT2D eigenvalue weighted by atomic mass is 9.95. The maximum atomic E-state index is 5.80. The lowest BCUT2D eigenvalue weighted by Crippen LogP contribution is -2.17. The molecule has 0 saturated heterocycles. The molecular formula is C26H26N2O. The molecule has 2 aliphatic rings. The van der Waals surface area contributed by atoms with E-state index < -0.39 is 0 Å². The molecule has 0 amide bonds. The van der Waals surface area contributed by atoms with Crippen LogP contribution < -0.4 is 15.4 Å². The van der Waals surface area contributed by atoms with Crippen molar-refractivity contribution in [2.45, 2.75) is 18.9 Å². The van der Waals surface area contributed by atoms with E-state index in [1.807, 2.05) is 18.2 Å². The lowest BCUT2D eigenvalue weighted by Gasteiger charge is -2.21. The molecule has 2 aromatic rings. The summed E-state index contributed by atoms with van der Waals surface area (Å²) in [6.45, 7) is 0. The molecule has 0 radical (unpaired) electrons. The zero-order valence-corrected chi connectivity index (χ0v) is 16.6. The molecule has 2 aliphatic carbocycles. The van der Waals surface area contributed by atoms with Gasteiger partial charge in [0, 0.05) is 23.0 Å². The second-order valence-corrected chi connectivity index (χ2v) is 7.07. The van der Waals surface area contributed by atoms with Gasteiger partial charge in [0.05, 0.1) is 12.8 Å². The van der Waals surface area contributed by atoms with Crippen LogP contribution in [-0.4, -0.2) is 13.2 Å². The molecule has 0 aromatic heterocycles. The molecule has 0 heterocycles. The molecule has 146 valence electrons. The summed E-state index contributed by atoms with van der Waals surface area (Å²) in [7, 11) is 1.73. The number of methoxy groups -OCH3 is 1. The first-order chi connectivity index (χ1) is 14.3. The molecule has 0 saturated carbocycles. The Morgan fingerprint density at radius 3 is 2.66 bits per heavy atom. The van der Waals surface area contributed by atoms with Crippen LogP contribution in [0.15, 0.2) is 103 Å². The summed E-state index contributed by atoms with van der Waals surface area (Å²) in [4.78, 5) is 0. The monoisotopic (exact) mass is 382 g/mol. The van der Waals surface area contributed by atoms with E-state index in [0.29, 0.717) is 6.04 Å². The zero-order chi connectivity index (χ0) is 19.9. The summed E-state index contributed by atoms with van der Waals surface area (Å²) >= 11 is 0. The van der Waals surface area contributed by atoms with Gasteiger partial charge < -0.3 is 15.4 Å². The van der Waals surface area contributed by atoms with E-state index in [1.165, 1.54) is 5.57 Å². The van der Waals surface area contributed by atoms with Crippen LogP contribution in [0.4, 0.5) is 11.4 Å². The number of benzene rings is 2. The van der Waals surface area contributed by atoms with E-state index in [2.05, 4.69) is 89.6 Å². The van der Waals surface area contributed by atoms with E-state index in [-0.39, 0.29) is 0 Å². The van der Waals surface area contributed by atoms with Crippen LogP contribution in [-0.2, 0) is 0 Å². The summed E-state index contributed by atoms with van der Waals surface area (Å²) in [6, 6.07) is 16.9. The second kappa shape index (κ2) is 9.16. The molecule has 0 bridgehead atoms. The predicted molar refractivity (Wildman–Crippen MR) is 123 cm³/mol. The van der Waals surface area contributed by atoms with Gasteiger partial charge in [-0.25, -0.2) is 0 Å². The molecule has 2 N–H and O–H groups in total. The summed E-state index contributed by atoms with van der Waals surface area (Å²) in [5.74, 6) is 0.861. The number of nitrogens with one attached hydrogen (secondary N) is 2. The van der Waals surface area contributed by atoms with Gasteiger partial charge in [-0.3, -0.25) is 0 Å². The Morgan fingerprint density at radius 1 is 0.966 bits per heavy atom. The molecule has 4 rings (SSSR count). The Kier molecular flexibility index (Phi) is 5.96. The maximum Gasteiger partial charge on any atom is 0.150 e. The van der Waals surface area contributed by atoms with Crippen molar-refractivity contribution in [3.05, 3.63) is 108 Å². The second-order valence-electron chi connectivity index (χ2n) is 7.07. The average molecular weight is 383 g/mol. The Balaban J connectivity index is 1.52. The van der Waals surface area contributed by atoms with Crippen LogP contribution >= 0.6 is 0 Å². The van der Waals surface area contributed by atoms with Crippen molar-refractivity contribution in [1.29, 1.82) is 0 Å². The fourth-order valence-electron chi connectivity index (χ4n) is 3.58. The highest BCUT2D eigenvalue weighted by Gasteiger charge is 2.15. The van der Waals surface area contributed by atoms with Gasteiger partial charge in [-0.15, -0.1) is 0 Å². The highest BCUT2D eigenvalue weighted by atomic mass is 16.5. The Hall–Kier alpha value is -3.46. The third-order valence-electron chi connectivity index (χ3n) is 5.02. The standard InChI is InChI=1S/C26H26N2O/c1-29-26-24(14-9-15-25(26)28-22-12-5-2-3-6-13-22)20-16-18-23(19-17-20)27-21-10-7-4-8-11-21/h2,4-18,23,27-28H,3,19H2,1H3. The first kappa shape index (κ1) is 18.9. The number of rotatable bonds is 6. The van der Waals surface area contributed by atoms with Gasteiger partial charge in [0.15, 0.2) is 0 Å². The summed E-state index contributed by atoms with van der Waals surface area (Å²) in [5.41, 5.74) is 5.44. The van der Waals surface area contributed by atoms with Gasteiger partial charge >= 0.3 is 0 Å². The van der Waals surface area contributed by atoms with Crippen molar-refractivity contribution in [3.8, 4) is 5.75 Å². The van der Waals surface area contributed by atoms with Crippen LogP contribution in [0.3, 0.4) is 0 Å². The van der Waals surface area contributed by atoms with Gasteiger partial charge in [-0.2, -0.15) is 0 Å². The summed E-state index contributed by atoms with van der Waals surface area (Å²) in [6.07, 6.45) is 19.1. The van der Waals surface area contributed by atoms with Gasteiger partial charge in [0.25, 0.3) is 0 Å². The Labute approximate surface area is 172 Å². The minimum Gasteiger partial charge on any atom is -0.494 e. The molecule has 0 aliphatic heterocycles. The number of para-hydroxylation sites is 2. The molecule has 3 heteroatoms. The molecule has 29 heavy (non-hydrogen) atoms. The van der Waals surface area contributed by atoms with E-state index >= 15 is 0 Å². The predicted octanol–water partition coefficient (Wildman–Crippen LogP) is 6.33. The highest BCUT2D eigenvalue weighted by molar-refractivity contribution is 5.83. The van der Waals surface area contributed by atoms with Gasteiger partial charge in [-0.05, 0) is 48.8 Å². The SMILES string of the molecule is COc1c(NC2=CC=CCC=C2)cccc1C1=CCC(Nc2ccccc2)C=C1. The van der Waals surface area contributed by atoms with E-state index in [4.69, 9.17) is 4.74 Å². The minimum absolute atomic E-state index is 0.293. The Morgan fingerprint density at radius 2 is 1.86 bits per heavy atom. The fourth-order valence-corrected chi connectivity index (χ4v) is 3.58. The van der Waals surface area contributed by atoms with Crippen molar-refractivity contribution in [3.63, 3.8) is 0 Å². The normalized spacial score (nSPS) is 17.9. The molecular weight excluding hydrogens is 356 g/mol. The van der Waals surface area contributed by atoms with Crippen LogP contribution in [0, 0.1) is 0 Å². The van der Waals surface area contributed by atoms with Crippen molar-refractivity contribution in [1.82, 2.24) is 0 Å². The van der Waals surface area contributed by atoms with E-state index in [9.17, 15) is 0 Å². The van der Waals surface area contributed by atoms with Crippen molar-refractivity contribution in [2.24, 2.45) is 0 Å². The molecule has 3 nitrogen and oxygen atoms in total. The zero-order valence-electron chi connectivity index (χ0n) is 16.6. The first-order valence-corrected chi connectivity index (χ1v) is 10.0. The van der Waals surface area contributed by atoms with Gasteiger partial charge in [0.2, 0.25) is 0 Å². The minimum atomic E-state index is 0.293. The van der Waals surface area contributed by atoms with Crippen LogP contribution in [0.25, 0.3) is 5.57 Å². The molecule has 2 aromatic carbocycles. The van der Waals surface area contributed by atoms with Crippen molar-refractivity contribution < 1.29 is 4.74 Å². The van der Waals surface area contributed by atoms with Crippen LogP contribution in [0.1, 0.15) is 18.4 Å². The third-order valence-corrected chi connectivity index (χ3v) is 5.02. The number of anilines is 2. The topological polar surface area (TPSA) is 33.3 Å². The smallest absolute Gasteiger partial charge is 0.150 e. The van der Waals surface area contributed by atoms with Gasteiger partial charge in [0.1, 0.15) is 5.75 Å². The summed E-state index contributed by atoms with van der Waals surface area (Å²) in [5, 5.41) is 7.05. The quantitative estimate of drug-likeness (QED) is 0.612. The average Bonchev–Trinajstić information content (AvgIpc) is 3.04. The van der Waals surface area contributed by atoms with Gasteiger partial charge in [-0.1, -0.05) is 66.8 Å². The van der Waals surface area contributed by atoms with E-state index in [0.717, 1.165) is 41.2 Å². The number of ether oxygens (including phenoxy) is 1. The highest BCUT2D eigenvalue weighted by Crippen LogP contribution is 2.36. The number of allylic oxidation sites excluding steroid dienone is 7.